The summed E-state index contributed by atoms with van der Waals surface area (Å²) in [5, 5.41) is 0. The molecule has 4 aliphatic rings. The number of hydrogen-bond donors (Lipinski definition) is 0. The fourth-order valence-electron chi connectivity index (χ4n) is 6.24. The zero-order valence-corrected chi connectivity index (χ0v) is 13.1. The Morgan fingerprint density at radius 1 is 1.00 bits per heavy atom. The van der Waals surface area contributed by atoms with Gasteiger partial charge in [0.25, 0.3) is 0 Å². The summed E-state index contributed by atoms with van der Waals surface area (Å²) in [6.07, 6.45) is 12.5. The van der Waals surface area contributed by atoms with E-state index in [0.717, 1.165) is 25.2 Å². The first-order valence-corrected chi connectivity index (χ1v) is 8.77. The van der Waals surface area contributed by atoms with E-state index in [1.54, 1.807) is 0 Å². The van der Waals surface area contributed by atoms with Crippen LogP contribution in [-0.4, -0.2) is 5.78 Å². The number of carbonyl (C=O) groups excluding carboxylic acids is 1. The molecule has 110 valence electrons. The Bertz CT molecular complexity index is 488. The van der Waals surface area contributed by atoms with Gasteiger partial charge >= 0.3 is 0 Å². The van der Waals surface area contributed by atoms with Crippen molar-refractivity contribution in [3.05, 3.63) is 11.1 Å². The van der Waals surface area contributed by atoms with Crippen molar-refractivity contribution in [3.8, 4) is 0 Å². The lowest BCUT2D eigenvalue weighted by Crippen LogP contribution is -2.43. The first-order valence-electron chi connectivity index (χ1n) is 8.77. The summed E-state index contributed by atoms with van der Waals surface area (Å²) in [4.78, 5) is 11.8. The van der Waals surface area contributed by atoms with Crippen LogP contribution in [0.4, 0.5) is 0 Å². The molecular weight excluding hydrogens is 244 g/mol. The molecule has 1 nitrogen and oxygen atoms in total. The van der Waals surface area contributed by atoms with Gasteiger partial charge in [-0.3, -0.25) is 4.79 Å². The molecule has 2 saturated carbocycles. The molecule has 0 heterocycles. The summed E-state index contributed by atoms with van der Waals surface area (Å²) < 4.78 is 0. The third-order valence-electron chi connectivity index (χ3n) is 7.59. The van der Waals surface area contributed by atoms with Gasteiger partial charge in [-0.25, -0.2) is 0 Å². The van der Waals surface area contributed by atoms with Gasteiger partial charge in [-0.15, -0.1) is 0 Å². The molecule has 0 aromatic heterocycles. The van der Waals surface area contributed by atoms with Crippen LogP contribution >= 0.6 is 0 Å². The second kappa shape index (κ2) is 4.21. The maximum atomic E-state index is 11.8. The first-order chi connectivity index (χ1) is 9.53. The van der Waals surface area contributed by atoms with Gasteiger partial charge in [-0.2, -0.15) is 0 Å². The molecule has 0 aliphatic heterocycles. The van der Waals surface area contributed by atoms with Crippen LogP contribution in [0, 0.1) is 22.7 Å². The van der Waals surface area contributed by atoms with E-state index in [2.05, 4.69) is 13.8 Å². The highest BCUT2D eigenvalue weighted by molar-refractivity contribution is 5.80. The molecule has 0 spiro atoms. The number of carbonyl (C=O) groups is 1. The van der Waals surface area contributed by atoms with E-state index >= 15 is 0 Å². The maximum absolute atomic E-state index is 11.8. The summed E-state index contributed by atoms with van der Waals surface area (Å²) in [6, 6.07) is 0. The zero-order chi connectivity index (χ0) is 14.0. The minimum Gasteiger partial charge on any atom is -0.300 e. The molecule has 0 radical (unpaired) electrons. The van der Waals surface area contributed by atoms with E-state index < -0.39 is 0 Å². The third-order valence-corrected chi connectivity index (χ3v) is 7.59. The van der Waals surface area contributed by atoms with Gasteiger partial charge in [0.1, 0.15) is 5.78 Å². The molecule has 1 heteroatoms. The van der Waals surface area contributed by atoms with Crippen molar-refractivity contribution in [1.29, 1.82) is 0 Å². The van der Waals surface area contributed by atoms with Crippen LogP contribution < -0.4 is 0 Å². The predicted octanol–water partition coefficient (Wildman–Crippen LogP) is 5.05. The standard InChI is InChI=1S/C19H28O/c1-18-9-3-4-16(18)15-6-5-13-12-14(20)7-11-19(13,2)17(15)8-10-18/h13,16H,3-12H2,1-2H3/t13-,16+,18-,19+/m0/s1. The third kappa shape index (κ3) is 1.64. The van der Waals surface area contributed by atoms with Crippen LogP contribution in [0.5, 0.6) is 0 Å². The highest BCUT2D eigenvalue weighted by Gasteiger charge is 2.51. The summed E-state index contributed by atoms with van der Waals surface area (Å²) >= 11 is 0. The Balaban J connectivity index is 1.75. The summed E-state index contributed by atoms with van der Waals surface area (Å²) in [6.45, 7) is 5.05. The molecule has 2 fully saturated rings. The molecule has 0 unspecified atom stereocenters. The fourth-order valence-corrected chi connectivity index (χ4v) is 6.24. The molecule has 0 aromatic carbocycles. The van der Waals surface area contributed by atoms with Crippen LogP contribution in [0.15, 0.2) is 11.1 Å². The van der Waals surface area contributed by atoms with E-state index in [-0.39, 0.29) is 0 Å². The molecule has 4 rings (SSSR count). The molecule has 4 aliphatic carbocycles. The molecule has 20 heavy (non-hydrogen) atoms. The Hall–Kier alpha value is -0.590. The van der Waals surface area contributed by atoms with Gasteiger partial charge in [0.2, 0.25) is 0 Å². The van der Waals surface area contributed by atoms with Crippen molar-refractivity contribution < 1.29 is 4.79 Å². The average Bonchev–Trinajstić information content (AvgIpc) is 2.81. The van der Waals surface area contributed by atoms with Gasteiger partial charge in [0.15, 0.2) is 0 Å². The normalized spacial score (nSPS) is 47.8. The second-order valence-corrected chi connectivity index (χ2v) is 8.50. The summed E-state index contributed by atoms with van der Waals surface area (Å²) in [5.74, 6) is 2.08. The topological polar surface area (TPSA) is 17.1 Å². The van der Waals surface area contributed by atoms with E-state index in [1.807, 2.05) is 11.1 Å². The van der Waals surface area contributed by atoms with E-state index in [9.17, 15) is 4.79 Å². The largest absolute Gasteiger partial charge is 0.300 e. The quantitative estimate of drug-likeness (QED) is 0.564. The smallest absolute Gasteiger partial charge is 0.133 e. The number of allylic oxidation sites excluding steroid dienone is 2. The lowest BCUT2D eigenvalue weighted by molar-refractivity contribution is -0.124. The Kier molecular flexibility index (Phi) is 2.76. The minimum atomic E-state index is 0.380. The predicted molar refractivity (Wildman–Crippen MR) is 81.4 cm³/mol. The molecule has 4 atom stereocenters. The van der Waals surface area contributed by atoms with Gasteiger partial charge in [-0.1, -0.05) is 31.4 Å². The van der Waals surface area contributed by atoms with E-state index in [0.29, 0.717) is 22.5 Å². The lowest BCUT2D eigenvalue weighted by atomic mass is 9.52. The van der Waals surface area contributed by atoms with Crippen LogP contribution in [0.2, 0.25) is 0 Å². The van der Waals surface area contributed by atoms with Crippen molar-refractivity contribution in [2.45, 2.75) is 78.1 Å². The van der Waals surface area contributed by atoms with Crippen LogP contribution in [0.1, 0.15) is 78.1 Å². The van der Waals surface area contributed by atoms with Crippen LogP contribution in [0.3, 0.4) is 0 Å². The Morgan fingerprint density at radius 2 is 1.85 bits per heavy atom. The number of Topliss-reactive ketones (excluding diaryl/α,β-unsaturated/α-hetero) is 1. The first kappa shape index (κ1) is 13.1. The second-order valence-electron chi connectivity index (χ2n) is 8.50. The van der Waals surface area contributed by atoms with Gasteiger partial charge in [0, 0.05) is 12.8 Å². The molecule has 0 amide bonds. The van der Waals surface area contributed by atoms with Gasteiger partial charge in [0.05, 0.1) is 0 Å². The Morgan fingerprint density at radius 3 is 2.70 bits per heavy atom. The van der Waals surface area contributed by atoms with Crippen molar-refractivity contribution >= 4 is 5.78 Å². The van der Waals surface area contributed by atoms with E-state index in [1.165, 1.54) is 44.9 Å². The van der Waals surface area contributed by atoms with E-state index in [4.69, 9.17) is 0 Å². The fraction of sp³-hybridized carbons (Fsp3) is 0.842. The molecule has 0 aromatic rings. The average molecular weight is 272 g/mol. The number of ketones is 1. The summed E-state index contributed by atoms with van der Waals surface area (Å²) in [5.41, 5.74) is 4.69. The molecular formula is C19H28O. The molecule has 0 saturated heterocycles. The monoisotopic (exact) mass is 272 g/mol. The van der Waals surface area contributed by atoms with Crippen LogP contribution in [0.25, 0.3) is 0 Å². The maximum Gasteiger partial charge on any atom is 0.133 e. The number of fused-ring (bicyclic) bond motifs is 4. The number of hydrogen-bond acceptors (Lipinski definition) is 1. The zero-order valence-electron chi connectivity index (χ0n) is 13.1. The van der Waals surface area contributed by atoms with Crippen molar-refractivity contribution in [1.82, 2.24) is 0 Å². The van der Waals surface area contributed by atoms with Crippen LogP contribution in [-0.2, 0) is 4.79 Å². The lowest BCUT2D eigenvalue weighted by Gasteiger charge is -2.53. The van der Waals surface area contributed by atoms with Crippen molar-refractivity contribution in [3.63, 3.8) is 0 Å². The van der Waals surface area contributed by atoms with Gasteiger partial charge < -0.3 is 0 Å². The highest BCUT2D eigenvalue weighted by atomic mass is 16.1. The minimum absolute atomic E-state index is 0.380. The highest BCUT2D eigenvalue weighted by Crippen LogP contribution is 2.63. The molecule has 0 bridgehead atoms. The SMILES string of the molecule is C[C@@]12CCC[C@@H]1C1=C(CC2)[C@]2(C)CCC(=O)C[C@@H]2CC1. The van der Waals surface area contributed by atoms with Crippen molar-refractivity contribution in [2.24, 2.45) is 22.7 Å². The van der Waals surface area contributed by atoms with Gasteiger partial charge in [-0.05, 0) is 67.6 Å². The summed E-state index contributed by atoms with van der Waals surface area (Å²) in [7, 11) is 0. The molecule has 0 N–H and O–H groups in total. The number of rotatable bonds is 0. The Labute approximate surface area is 123 Å². The van der Waals surface area contributed by atoms with Crippen molar-refractivity contribution in [2.75, 3.05) is 0 Å².